The molecule has 0 aliphatic carbocycles. The van der Waals surface area contributed by atoms with Crippen LogP contribution in [0.25, 0.3) is 0 Å². The standard InChI is InChI=1S/C13H16F3N3O/c1-18-6-8-19(9-7-18)11-4-2-10(3-5-11)17-12(20)13(14,15)16/h2-5H,6-9H2,1H3,(H,17,20). The zero-order chi connectivity index (χ0) is 14.8. The van der Waals surface area contributed by atoms with Crippen LogP contribution in [-0.2, 0) is 4.79 Å². The topological polar surface area (TPSA) is 35.6 Å². The van der Waals surface area contributed by atoms with Crippen molar-refractivity contribution in [2.45, 2.75) is 6.18 Å². The number of amides is 1. The largest absolute Gasteiger partial charge is 0.471 e. The molecule has 1 aromatic carbocycles. The zero-order valence-corrected chi connectivity index (χ0v) is 11.1. The number of carbonyl (C=O) groups is 1. The molecule has 1 fully saturated rings. The summed E-state index contributed by atoms with van der Waals surface area (Å²) in [5.74, 6) is -1.95. The van der Waals surface area contributed by atoms with Gasteiger partial charge in [0.1, 0.15) is 0 Å². The molecule has 1 aliphatic rings. The zero-order valence-electron chi connectivity index (χ0n) is 11.1. The van der Waals surface area contributed by atoms with E-state index in [1.165, 1.54) is 12.1 Å². The Kier molecular flexibility index (Phi) is 4.17. The number of likely N-dealkylation sites (N-methyl/N-ethyl adjacent to an activating group) is 1. The number of hydrogen-bond donors (Lipinski definition) is 1. The molecule has 20 heavy (non-hydrogen) atoms. The van der Waals surface area contributed by atoms with Gasteiger partial charge in [-0.05, 0) is 31.3 Å². The van der Waals surface area contributed by atoms with Gasteiger partial charge < -0.3 is 15.1 Å². The highest BCUT2D eigenvalue weighted by Gasteiger charge is 2.38. The SMILES string of the molecule is CN1CCN(c2ccc(NC(=O)C(F)(F)F)cc2)CC1. The summed E-state index contributed by atoms with van der Waals surface area (Å²) in [7, 11) is 2.05. The van der Waals surface area contributed by atoms with Crippen molar-refractivity contribution >= 4 is 17.3 Å². The van der Waals surface area contributed by atoms with Gasteiger partial charge in [0, 0.05) is 37.6 Å². The molecule has 1 heterocycles. The summed E-state index contributed by atoms with van der Waals surface area (Å²) < 4.78 is 36.3. The van der Waals surface area contributed by atoms with Crippen LogP contribution < -0.4 is 10.2 Å². The first kappa shape index (κ1) is 14.6. The predicted molar refractivity (Wildman–Crippen MR) is 70.8 cm³/mol. The van der Waals surface area contributed by atoms with Crippen LogP contribution in [0.3, 0.4) is 0 Å². The van der Waals surface area contributed by atoms with Crippen molar-refractivity contribution < 1.29 is 18.0 Å². The Labute approximate surface area is 115 Å². The number of nitrogens with one attached hydrogen (secondary N) is 1. The summed E-state index contributed by atoms with van der Waals surface area (Å²) in [6, 6.07) is 6.41. The van der Waals surface area contributed by atoms with Crippen LogP contribution >= 0.6 is 0 Å². The average Bonchev–Trinajstić information content (AvgIpc) is 2.39. The number of anilines is 2. The molecular formula is C13H16F3N3O. The van der Waals surface area contributed by atoms with Gasteiger partial charge in [0.15, 0.2) is 0 Å². The average molecular weight is 287 g/mol. The summed E-state index contributed by atoms with van der Waals surface area (Å²) in [5, 5.41) is 1.83. The summed E-state index contributed by atoms with van der Waals surface area (Å²) in [6.45, 7) is 3.66. The van der Waals surface area contributed by atoms with Crippen LogP contribution in [-0.4, -0.2) is 50.2 Å². The lowest BCUT2D eigenvalue weighted by Crippen LogP contribution is -2.44. The van der Waals surface area contributed by atoms with Gasteiger partial charge in [0.05, 0.1) is 0 Å². The maximum absolute atomic E-state index is 12.1. The Morgan fingerprint density at radius 3 is 2.15 bits per heavy atom. The van der Waals surface area contributed by atoms with Gasteiger partial charge in [-0.2, -0.15) is 13.2 Å². The van der Waals surface area contributed by atoms with Crippen molar-refractivity contribution in [3.63, 3.8) is 0 Å². The molecule has 0 bridgehead atoms. The molecule has 1 N–H and O–H groups in total. The first-order chi connectivity index (χ1) is 9.36. The summed E-state index contributed by atoms with van der Waals surface area (Å²) in [4.78, 5) is 15.2. The van der Waals surface area contributed by atoms with Gasteiger partial charge in [-0.1, -0.05) is 0 Å². The minimum Gasteiger partial charge on any atom is -0.369 e. The Balaban J connectivity index is 1.98. The van der Waals surface area contributed by atoms with E-state index in [4.69, 9.17) is 0 Å². The summed E-state index contributed by atoms with van der Waals surface area (Å²) in [6.07, 6.45) is -4.86. The number of halogens is 3. The van der Waals surface area contributed by atoms with Crippen LogP contribution in [0.4, 0.5) is 24.5 Å². The highest BCUT2D eigenvalue weighted by Crippen LogP contribution is 2.21. The van der Waals surface area contributed by atoms with Crippen LogP contribution in [0.5, 0.6) is 0 Å². The molecule has 1 aliphatic heterocycles. The number of benzene rings is 1. The maximum atomic E-state index is 12.1. The van der Waals surface area contributed by atoms with Crippen LogP contribution in [0.2, 0.25) is 0 Å². The molecule has 4 nitrogen and oxygen atoms in total. The summed E-state index contributed by atoms with van der Waals surface area (Å²) in [5.41, 5.74) is 1.09. The maximum Gasteiger partial charge on any atom is 0.471 e. The molecule has 7 heteroatoms. The Morgan fingerprint density at radius 2 is 1.65 bits per heavy atom. The van der Waals surface area contributed by atoms with Crippen molar-refractivity contribution in [3.8, 4) is 0 Å². The van der Waals surface area contributed by atoms with Crippen LogP contribution in [0.1, 0.15) is 0 Å². The van der Waals surface area contributed by atoms with Crippen molar-refractivity contribution in [1.29, 1.82) is 0 Å². The van der Waals surface area contributed by atoms with Crippen molar-refractivity contribution in [2.24, 2.45) is 0 Å². The Hall–Kier alpha value is -1.76. The number of carbonyl (C=O) groups excluding carboxylic acids is 1. The minimum absolute atomic E-state index is 0.144. The van der Waals surface area contributed by atoms with E-state index in [1.807, 2.05) is 12.4 Å². The van der Waals surface area contributed by atoms with Crippen molar-refractivity contribution in [1.82, 2.24) is 4.90 Å². The molecule has 1 saturated heterocycles. The third-order valence-corrected chi connectivity index (χ3v) is 3.25. The lowest BCUT2D eigenvalue weighted by molar-refractivity contribution is -0.167. The fourth-order valence-corrected chi connectivity index (χ4v) is 2.02. The third kappa shape index (κ3) is 3.63. The lowest BCUT2D eigenvalue weighted by atomic mass is 10.2. The quantitative estimate of drug-likeness (QED) is 0.903. The number of hydrogen-bond acceptors (Lipinski definition) is 3. The highest BCUT2D eigenvalue weighted by atomic mass is 19.4. The smallest absolute Gasteiger partial charge is 0.369 e. The molecule has 0 atom stereocenters. The van der Waals surface area contributed by atoms with Gasteiger partial charge in [-0.3, -0.25) is 4.79 Å². The van der Waals surface area contributed by atoms with E-state index in [0.29, 0.717) is 0 Å². The molecule has 0 saturated carbocycles. The first-order valence-corrected chi connectivity index (χ1v) is 6.28. The van der Waals surface area contributed by atoms with E-state index < -0.39 is 12.1 Å². The molecule has 1 aromatic rings. The monoisotopic (exact) mass is 287 g/mol. The second-order valence-electron chi connectivity index (χ2n) is 4.79. The predicted octanol–water partition coefficient (Wildman–Crippen LogP) is 1.94. The van der Waals surface area contributed by atoms with E-state index in [9.17, 15) is 18.0 Å². The number of rotatable bonds is 2. The van der Waals surface area contributed by atoms with Gasteiger partial charge in [-0.25, -0.2) is 0 Å². The summed E-state index contributed by atoms with van der Waals surface area (Å²) >= 11 is 0. The van der Waals surface area contributed by atoms with E-state index in [1.54, 1.807) is 12.1 Å². The van der Waals surface area contributed by atoms with Gasteiger partial charge in [-0.15, -0.1) is 0 Å². The molecule has 110 valence electrons. The number of nitrogens with zero attached hydrogens (tertiary/aromatic N) is 2. The normalized spacial score (nSPS) is 17.1. The molecule has 0 spiro atoms. The molecule has 1 amide bonds. The second-order valence-corrected chi connectivity index (χ2v) is 4.79. The fraction of sp³-hybridized carbons (Fsp3) is 0.462. The van der Waals surface area contributed by atoms with Crippen LogP contribution in [0.15, 0.2) is 24.3 Å². The second kappa shape index (κ2) is 5.70. The Bertz CT molecular complexity index is 465. The van der Waals surface area contributed by atoms with Crippen molar-refractivity contribution in [3.05, 3.63) is 24.3 Å². The van der Waals surface area contributed by atoms with Crippen LogP contribution in [0, 0.1) is 0 Å². The molecule has 0 aromatic heterocycles. The van der Waals surface area contributed by atoms with E-state index in [2.05, 4.69) is 9.80 Å². The molecule has 0 radical (unpaired) electrons. The first-order valence-electron chi connectivity index (χ1n) is 6.28. The van der Waals surface area contributed by atoms with Crippen molar-refractivity contribution in [2.75, 3.05) is 43.4 Å². The van der Waals surface area contributed by atoms with E-state index >= 15 is 0 Å². The molecular weight excluding hydrogens is 271 g/mol. The minimum atomic E-state index is -4.86. The van der Waals surface area contributed by atoms with Gasteiger partial charge in [0.25, 0.3) is 0 Å². The fourth-order valence-electron chi connectivity index (χ4n) is 2.02. The molecule has 2 rings (SSSR count). The lowest BCUT2D eigenvalue weighted by Gasteiger charge is -2.34. The third-order valence-electron chi connectivity index (χ3n) is 3.25. The highest BCUT2D eigenvalue weighted by molar-refractivity contribution is 5.95. The number of alkyl halides is 3. The van der Waals surface area contributed by atoms with Gasteiger partial charge >= 0.3 is 12.1 Å². The van der Waals surface area contributed by atoms with Gasteiger partial charge in [0.2, 0.25) is 0 Å². The molecule has 0 unspecified atom stereocenters. The Morgan fingerprint density at radius 1 is 1.10 bits per heavy atom. The number of piperazine rings is 1. The van der Waals surface area contributed by atoms with E-state index in [0.717, 1.165) is 31.9 Å². The van der Waals surface area contributed by atoms with E-state index in [-0.39, 0.29) is 5.69 Å².